The molecule has 144 valence electrons. The second-order valence-electron chi connectivity index (χ2n) is 5.92. The van der Waals surface area contributed by atoms with Crippen molar-refractivity contribution in [1.29, 1.82) is 0 Å². The third kappa shape index (κ3) is 5.01. The summed E-state index contributed by atoms with van der Waals surface area (Å²) in [5.41, 5.74) is 1.87. The number of ether oxygens (including phenoxy) is 4. The van der Waals surface area contributed by atoms with Crippen LogP contribution in [-0.4, -0.2) is 25.2 Å². The molecule has 0 unspecified atom stereocenters. The molecule has 0 saturated heterocycles. The van der Waals surface area contributed by atoms with E-state index in [0.29, 0.717) is 11.5 Å². The topological polar surface area (TPSA) is 66.9 Å². The van der Waals surface area contributed by atoms with Crippen LogP contribution in [0.5, 0.6) is 17.2 Å². The maximum Gasteiger partial charge on any atom is 0.361 e. The Bertz CT molecular complexity index is 941. The van der Waals surface area contributed by atoms with Crippen LogP contribution in [0.3, 0.4) is 0 Å². The second-order valence-corrected chi connectivity index (χ2v) is 5.92. The molecule has 2 aromatic carbocycles. The molecule has 0 atom stereocenters. The maximum atomic E-state index is 12.5. The monoisotopic (exact) mass is 379 g/mol. The van der Waals surface area contributed by atoms with E-state index in [1.54, 1.807) is 26.4 Å². The lowest BCUT2D eigenvalue weighted by Crippen LogP contribution is -2.10. The molecule has 3 rings (SSSR count). The van der Waals surface area contributed by atoms with E-state index in [-0.39, 0.29) is 18.9 Å². The zero-order valence-electron chi connectivity index (χ0n) is 15.8. The highest BCUT2D eigenvalue weighted by Crippen LogP contribution is 2.21. The molecule has 0 aliphatic heterocycles. The highest BCUT2D eigenvalue weighted by atomic mass is 16.5. The van der Waals surface area contributed by atoms with Gasteiger partial charge in [0.25, 0.3) is 0 Å². The molecule has 6 nitrogen and oxygen atoms in total. The maximum absolute atomic E-state index is 12.5. The van der Waals surface area contributed by atoms with E-state index >= 15 is 0 Å². The van der Waals surface area contributed by atoms with Crippen LogP contribution in [0.15, 0.2) is 66.9 Å². The molecule has 0 aliphatic carbocycles. The Balaban J connectivity index is 1.65. The first-order valence-electron chi connectivity index (χ1n) is 8.70. The van der Waals surface area contributed by atoms with Crippen LogP contribution in [0.25, 0.3) is 0 Å². The van der Waals surface area contributed by atoms with Crippen molar-refractivity contribution in [3.8, 4) is 17.2 Å². The van der Waals surface area contributed by atoms with Gasteiger partial charge in [-0.3, -0.25) is 0 Å². The minimum atomic E-state index is -0.552. The summed E-state index contributed by atoms with van der Waals surface area (Å²) < 4.78 is 21.6. The van der Waals surface area contributed by atoms with Gasteiger partial charge in [-0.25, -0.2) is 9.78 Å². The summed E-state index contributed by atoms with van der Waals surface area (Å²) >= 11 is 0. The first-order chi connectivity index (χ1) is 13.7. The minimum absolute atomic E-state index is 0.113. The molecule has 0 saturated carbocycles. The van der Waals surface area contributed by atoms with Crippen LogP contribution in [0.1, 0.15) is 21.6 Å². The molecule has 0 radical (unpaired) electrons. The van der Waals surface area contributed by atoms with Crippen LogP contribution in [0.4, 0.5) is 0 Å². The van der Waals surface area contributed by atoms with Gasteiger partial charge in [0, 0.05) is 6.20 Å². The van der Waals surface area contributed by atoms with Crippen molar-refractivity contribution in [3.05, 3.63) is 83.7 Å². The highest BCUT2D eigenvalue weighted by Gasteiger charge is 2.16. The number of hydrogen-bond acceptors (Lipinski definition) is 6. The molecule has 0 spiro atoms. The van der Waals surface area contributed by atoms with Crippen molar-refractivity contribution in [2.75, 3.05) is 14.2 Å². The smallest absolute Gasteiger partial charge is 0.361 e. The Morgan fingerprint density at radius 2 is 1.50 bits per heavy atom. The van der Waals surface area contributed by atoms with Crippen molar-refractivity contribution in [1.82, 2.24) is 4.98 Å². The zero-order chi connectivity index (χ0) is 19.8. The number of hydrogen-bond donors (Lipinski definition) is 0. The van der Waals surface area contributed by atoms with Gasteiger partial charge < -0.3 is 18.9 Å². The lowest BCUT2D eigenvalue weighted by Gasteiger charge is -2.11. The number of pyridine rings is 1. The van der Waals surface area contributed by atoms with E-state index in [1.165, 1.54) is 6.20 Å². The van der Waals surface area contributed by atoms with Crippen molar-refractivity contribution >= 4 is 5.97 Å². The molecule has 0 fully saturated rings. The standard InChI is InChI=1S/C22H21NO5/c1-25-18-8-3-6-16(12-18)14-27-20-10-5-11-23-21(20)22(24)28-15-17-7-4-9-19(13-17)26-2/h3-13H,14-15H2,1-2H3. The summed E-state index contributed by atoms with van der Waals surface area (Å²) in [6.45, 7) is 0.390. The van der Waals surface area contributed by atoms with Gasteiger partial charge in [-0.15, -0.1) is 0 Å². The van der Waals surface area contributed by atoms with E-state index in [4.69, 9.17) is 18.9 Å². The quantitative estimate of drug-likeness (QED) is 0.551. The fourth-order valence-corrected chi connectivity index (χ4v) is 2.56. The Labute approximate surface area is 163 Å². The van der Waals surface area contributed by atoms with E-state index in [0.717, 1.165) is 16.9 Å². The Hall–Kier alpha value is -3.54. The number of carbonyl (C=O) groups excluding carboxylic acids is 1. The van der Waals surface area contributed by atoms with Gasteiger partial charge in [0.15, 0.2) is 11.4 Å². The second kappa shape index (κ2) is 9.41. The first kappa shape index (κ1) is 19.2. The molecule has 6 heteroatoms. The van der Waals surface area contributed by atoms with E-state index in [9.17, 15) is 4.79 Å². The molecule has 0 N–H and O–H groups in total. The molecular formula is C22H21NO5. The summed E-state index contributed by atoms with van der Waals surface area (Å²) in [4.78, 5) is 16.6. The normalized spacial score (nSPS) is 10.2. The lowest BCUT2D eigenvalue weighted by atomic mass is 10.2. The number of rotatable bonds is 8. The van der Waals surface area contributed by atoms with Gasteiger partial charge in [0.2, 0.25) is 0 Å². The molecule has 0 amide bonds. The third-order valence-electron chi connectivity index (χ3n) is 4.00. The minimum Gasteiger partial charge on any atom is -0.497 e. The zero-order valence-corrected chi connectivity index (χ0v) is 15.8. The van der Waals surface area contributed by atoms with Crippen molar-refractivity contribution in [2.24, 2.45) is 0 Å². The number of nitrogens with zero attached hydrogens (tertiary/aromatic N) is 1. The van der Waals surface area contributed by atoms with Crippen molar-refractivity contribution in [3.63, 3.8) is 0 Å². The molecular weight excluding hydrogens is 358 g/mol. The Kier molecular flexibility index (Phi) is 6.46. The lowest BCUT2D eigenvalue weighted by molar-refractivity contribution is 0.0459. The largest absolute Gasteiger partial charge is 0.497 e. The van der Waals surface area contributed by atoms with Crippen LogP contribution in [-0.2, 0) is 18.0 Å². The fourth-order valence-electron chi connectivity index (χ4n) is 2.56. The highest BCUT2D eigenvalue weighted by molar-refractivity contribution is 5.90. The molecule has 3 aromatic rings. The number of benzene rings is 2. The van der Waals surface area contributed by atoms with Gasteiger partial charge in [-0.1, -0.05) is 24.3 Å². The van der Waals surface area contributed by atoms with E-state index in [1.807, 2.05) is 48.5 Å². The van der Waals surface area contributed by atoms with Gasteiger partial charge in [0.05, 0.1) is 14.2 Å². The predicted octanol–water partition coefficient (Wildman–Crippen LogP) is 4.03. The van der Waals surface area contributed by atoms with Crippen LogP contribution < -0.4 is 14.2 Å². The van der Waals surface area contributed by atoms with Gasteiger partial charge in [-0.2, -0.15) is 0 Å². The molecule has 0 aliphatic rings. The predicted molar refractivity (Wildman–Crippen MR) is 104 cm³/mol. The van der Waals surface area contributed by atoms with Gasteiger partial charge in [-0.05, 0) is 47.5 Å². The summed E-state index contributed by atoms with van der Waals surface area (Å²) in [6.07, 6.45) is 1.53. The third-order valence-corrected chi connectivity index (χ3v) is 4.00. The molecule has 0 bridgehead atoms. The number of esters is 1. The van der Waals surface area contributed by atoms with Gasteiger partial charge >= 0.3 is 5.97 Å². The summed E-state index contributed by atoms with van der Waals surface area (Å²) in [5.74, 6) is 1.25. The van der Waals surface area contributed by atoms with E-state index in [2.05, 4.69) is 4.98 Å². The number of carbonyl (C=O) groups is 1. The van der Waals surface area contributed by atoms with Crippen LogP contribution >= 0.6 is 0 Å². The number of aromatic nitrogens is 1. The average molecular weight is 379 g/mol. The Morgan fingerprint density at radius 3 is 2.14 bits per heavy atom. The number of methoxy groups -OCH3 is 2. The first-order valence-corrected chi connectivity index (χ1v) is 8.70. The van der Waals surface area contributed by atoms with Crippen LogP contribution in [0.2, 0.25) is 0 Å². The average Bonchev–Trinajstić information content (AvgIpc) is 2.76. The van der Waals surface area contributed by atoms with Crippen LogP contribution in [0, 0.1) is 0 Å². The fraction of sp³-hybridized carbons (Fsp3) is 0.182. The SMILES string of the molecule is COc1cccc(COC(=O)c2ncccc2OCc2cccc(OC)c2)c1. The molecule has 28 heavy (non-hydrogen) atoms. The summed E-state index contributed by atoms with van der Waals surface area (Å²) in [7, 11) is 3.20. The molecule has 1 aromatic heterocycles. The Morgan fingerprint density at radius 1 is 0.857 bits per heavy atom. The van der Waals surface area contributed by atoms with E-state index < -0.39 is 5.97 Å². The van der Waals surface area contributed by atoms with Crippen molar-refractivity contribution in [2.45, 2.75) is 13.2 Å². The summed E-state index contributed by atoms with van der Waals surface area (Å²) in [5, 5.41) is 0. The summed E-state index contributed by atoms with van der Waals surface area (Å²) in [6, 6.07) is 18.3. The van der Waals surface area contributed by atoms with Crippen molar-refractivity contribution < 1.29 is 23.7 Å². The van der Waals surface area contributed by atoms with Gasteiger partial charge in [0.1, 0.15) is 24.7 Å². The molecule has 1 heterocycles.